The maximum atomic E-state index is 13.3. The van der Waals surface area contributed by atoms with Gasteiger partial charge in [-0.3, -0.25) is 9.59 Å². The summed E-state index contributed by atoms with van der Waals surface area (Å²) in [5.41, 5.74) is 0. The lowest BCUT2D eigenvalue weighted by Gasteiger charge is -2.41. The van der Waals surface area contributed by atoms with Crippen molar-refractivity contribution in [3.05, 3.63) is 97.2 Å². The van der Waals surface area contributed by atoms with Crippen LogP contribution in [0.15, 0.2) is 97.2 Å². The van der Waals surface area contributed by atoms with E-state index in [0.29, 0.717) is 12.8 Å². The molecule has 1 rings (SSSR count). The number of nitrogens with one attached hydrogen (secondary N) is 1. The van der Waals surface area contributed by atoms with Crippen LogP contribution in [0.4, 0.5) is 0 Å². The molecule has 8 unspecified atom stereocenters. The van der Waals surface area contributed by atoms with Crippen molar-refractivity contribution < 1.29 is 49.3 Å². The molecule has 0 aliphatic carbocycles. The van der Waals surface area contributed by atoms with Gasteiger partial charge in [0.1, 0.15) is 24.4 Å². The number of aliphatic hydroxyl groups is 5. The summed E-state index contributed by atoms with van der Waals surface area (Å²) >= 11 is 0. The second-order valence-electron chi connectivity index (χ2n) is 17.3. The number of carbonyl (C=O) groups is 2. The third-order valence-electron chi connectivity index (χ3n) is 11.4. The van der Waals surface area contributed by atoms with E-state index in [9.17, 15) is 35.1 Å². The van der Waals surface area contributed by atoms with Gasteiger partial charge in [0.15, 0.2) is 12.4 Å². The molecular weight excluding hydrogens is 835 g/mol. The van der Waals surface area contributed by atoms with Gasteiger partial charge in [-0.25, -0.2) is 0 Å². The van der Waals surface area contributed by atoms with Gasteiger partial charge in [-0.2, -0.15) is 0 Å². The average Bonchev–Trinajstić information content (AvgIpc) is 3.31. The Morgan fingerprint density at radius 3 is 1.73 bits per heavy atom. The molecule has 1 aliphatic heterocycles. The topological polar surface area (TPSA) is 175 Å². The second kappa shape index (κ2) is 42.9. The molecule has 0 aromatic heterocycles. The smallest absolute Gasteiger partial charge is 0.306 e. The number of unbranched alkanes of at least 4 members (excludes halogenated alkanes) is 16. The summed E-state index contributed by atoms with van der Waals surface area (Å²) in [7, 11) is 0. The highest BCUT2D eigenvalue weighted by atomic mass is 16.7. The van der Waals surface area contributed by atoms with Crippen molar-refractivity contribution in [2.75, 3.05) is 13.2 Å². The van der Waals surface area contributed by atoms with Crippen LogP contribution in [0.5, 0.6) is 0 Å². The van der Waals surface area contributed by atoms with Gasteiger partial charge in [0.25, 0.3) is 0 Å². The molecule has 1 heterocycles. The molecule has 0 aromatic carbocycles. The van der Waals surface area contributed by atoms with Crippen LogP contribution in [0.1, 0.15) is 175 Å². The minimum atomic E-state index is -1.65. The molecule has 11 heteroatoms. The Balaban J connectivity index is 2.89. The first kappa shape index (κ1) is 60.6. The Morgan fingerprint density at radius 2 is 1.15 bits per heavy atom. The summed E-state index contributed by atoms with van der Waals surface area (Å²) in [6, 6.07) is -1.07. The predicted octanol–water partition coefficient (Wildman–Crippen LogP) is 10.4. The zero-order valence-electron chi connectivity index (χ0n) is 41.0. The third kappa shape index (κ3) is 31.5. The number of rotatable bonds is 40. The highest BCUT2D eigenvalue weighted by molar-refractivity contribution is 5.80. The first-order valence-electron chi connectivity index (χ1n) is 25.6. The number of aliphatic hydroxyl groups excluding tert-OH is 5. The summed E-state index contributed by atoms with van der Waals surface area (Å²) in [5, 5.41) is 56.4. The van der Waals surface area contributed by atoms with E-state index in [-0.39, 0.29) is 19.4 Å². The molecule has 0 radical (unpaired) electrons. The van der Waals surface area contributed by atoms with Crippen molar-refractivity contribution in [1.82, 2.24) is 5.32 Å². The molecule has 0 saturated carbocycles. The molecule has 0 bridgehead atoms. The first-order chi connectivity index (χ1) is 32.2. The molecule has 376 valence electrons. The van der Waals surface area contributed by atoms with Gasteiger partial charge < -0.3 is 45.1 Å². The van der Waals surface area contributed by atoms with Crippen LogP contribution >= 0.6 is 0 Å². The van der Waals surface area contributed by atoms with E-state index in [1.807, 2.05) is 72.9 Å². The molecular formula is C55H91NO10. The Bertz CT molecular complexity index is 1430. The first-order valence-corrected chi connectivity index (χ1v) is 25.6. The van der Waals surface area contributed by atoms with Gasteiger partial charge >= 0.3 is 5.97 Å². The maximum absolute atomic E-state index is 13.3. The normalized spacial score (nSPS) is 21.0. The fourth-order valence-corrected chi connectivity index (χ4v) is 7.26. The molecule has 11 nitrogen and oxygen atoms in total. The summed E-state index contributed by atoms with van der Waals surface area (Å²) in [6.45, 7) is 5.50. The van der Waals surface area contributed by atoms with E-state index in [1.165, 1.54) is 83.5 Å². The SMILES string of the molecule is CC/C=C/C=C/C=C\C=C/C=C/CCC(O)C(=O)NC(COC1OC(CO)C(O)C(O)C1OC(=O)CC/C=C/C/C=C\CCCCCCCC)C(O)/C=C/CCCCCCCCCCCC. The standard InChI is InChI=1S/C55H91NO10/c1-4-7-10-13-16-19-22-25-28-31-34-37-40-43-50(60)66-53-52(62)51(61)49(44-57)65-55(53)64-45-46(47(58)41-38-35-32-29-26-23-20-17-14-11-8-5-2)56-54(63)48(59)42-39-36-33-30-27-24-21-18-15-12-9-6-3/h9,12,15,18,21,24-25,27-28,30,33-34,36-38,41,46-49,51-53,55,57-59,61-62H,4-8,10-11,13-14,16-17,19-20,22-23,26,29,31-32,35,39-40,42-45H2,1-3H3,(H,56,63)/b12-9+,18-15+,24-21-,28-25-,30-27-,36-33+,37-34+,41-38+. The minimum Gasteiger partial charge on any atom is -0.454 e. The van der Waals surface area contributed by atoms with Crippen LogP contribution in [0.2, 0.25) is 0 Å². The molecule has 1 aliphatic rings. The molecule has 1 amide bonds. The lowest BCUT2D eigenvalue weighted by Crippen LogP contribution is -2.61. The lowest BCUT2D eigenvalue weighted by molar-refractivity contribution is -0.305. The Kier molecular flexibility index (Phi) is 39.4. The van der Waals surface area contributed by atoms with Crippen LogP contribution in [-0.4, -0.2) is 99.6 Å². The Hall–Kier alpha value is -3.42. The number of carbonyl (C=O) groups excluding carboxylic acids is 2. The van der Waals surface area contributed by atoms with Gasteiger partial charge in [-0.15, -0.1) is 0 Å². The molecule has 1 fully saturated rings. The highest BCUT2D eigenvalue weighted by Crippen LogP contribution is 2.26. The van der Waals surface area contributed by atoms with Gasteiger partial charge in [0, 0.05) is 6.42 Å². The van der Waals surface area contributed by atoms with Crippen LogP contribution in [0.25, 0.3) is 0 Å². The second-order valence-corrected chi connectivity index (χ2v) is 17.3. The van der Waals surface area contributed by atoms with E-state index in [0.717, 1.165) is 44.9 Å². The Morgan fingerprint density at radius 1 is 0.621 bits per heavy atom. The minimum absolute atomic E-state index is 0.00385. The molecule has 1 saturated heterocycles. The number of allylic oxidation sites excluding steroid dienone is 15. The molecule has 6 N–H and O–H groups in total. The van der Waals surface area contributed by atoms with Crippen LogP contribution in [0, 0.1) is 0 Å². The van der Waals surface area contributed by atoms with Crippen molar-refractivity contribution in [2.24, 2.45) is 0 Å². The fourth-order valence-electron chi connectivity index (χ4n) is 7.26. The van der Waals surface area contributed by atoms with E-state index in [4.69, 9.17) is 14.2 Å². The largest absolute Gasteiger partial charge is 0.454 e. The monoisotopic (exact) mass is 926 g/mol. The van der Waals surface area contributed by atoms with Gasteiger partial charge in [0.05, 0.1) is 25.4 Å². The predicted molar refractivity (Wildman–Crippen MR) is 268 cm³/mol. The zero-order chi connectivity index (χ0) is 48.3. The van der Waals surface area contributed by atoms with E-state index >= 15 is 0 Å². The van der Waals surface area contributed by atoms with Gasteiger partial charge in [0.2, 0.25) is 5.91 Å². The van der Waals surface area contributed by atoms with Crippen LogP contribution in [0.3, 0.4) is 0 Å². The third-order valence-corrected chi connectivity index (χ3v) is 11.4. The Labute approximate surface area is 399 Å². The highest BCUT2D eigenvalue weighted by Gasteiger charge is 2.47. The van der Waals surface area contributed by atoms with E-state index < -0.39 is 67.4 Å². The van der Waals surface area contributed by atoms with Crippen molar-refractivity contribution in [2.45, 2.75) is 224 Å². The van der Waals surface area contributed by atoms with Crippen molar-refractivity contribution in [3.8, 4) is 0 Å². The zero-order valence-corrected chi connectivity index (χ0v) is 41.0. The molecule has 0 spiro atoms. The van der Waals surface area contributed by atoms with Crippen molar-refractivity contribution in [1.29, 1.82) is 0 Å². The molecule has 8 atom stereocenters. The molecule has 66 heavy (non-hydrogen) atoms. The van der Waals surface area contributed by atoms with Crippen LogP contribution in [-0.2, 0) is 23.8 Å². The maximum Gasteiger partial charge on any atom is 0.306 e. The van der Waals surface area contributed by atoms with Gasteiger partial charge in [-0.1, -0.05) is 208 Å². The molecule has 0 aromatic rings. The lowest BCUT2D eigenvalue weighted by atomic mass is 9.99. The average molecular weight is 926 g/mol. The fraction of sp³-hybridized carbons (Fsp3) is 0.673. The van der Waals surface area contributed by atoms with Gasteiger partial charge in [-0.05, 0) is 57.8 Å². The van der Waals surface area contributed by atoms with E-state index in [1.54, 1.807) is 6.08 Å². The van der Waals surface area contributed by atoms with Crippen molar-refractivity contribution >= 4 is 11.9 Å². The quantitative estimate of drug-likeness (QED) is 0.0150. The summed E-state index contributed by atoms with van der Waals surface area (Å²) < 4.78 is 17.4. The summed E-state index contributed by atoms with van der Waals surface area (Å²) in [6.07, 6.45) is 45.0. The number of hydrogen-bond acceptors (Lipinski definition) is 10. The number of amides is 1. The summed E-state index contributed by atoms with van der Waals surface area (Å²) in [5.74, 6) is -1.36. The number of ether oxygens (including phenoxy) is 3. The number of hydrogen-bond donors (Lipinski definition) is 6. The van der Waals surface area contributed by atoms with Crippen molar-refractivity contribution in [3.63, 3.8) is 0 Å². The summed E-state index contributed by atoms with van der Waals surface area (Å²) in [4.78, 5) is 26.2. The number of esters is 1. The van der Waals surface area contributed by atoms with E-state index in [2.05, 4.69) is 44.3 Å². The van der Waals surface area contributed by atoms with Crippen LogP contribution < -0.4 is 5.32 Å².